The standard InChI is InChI=1S/C10H12/c1-4-6-7-9-10(3)8-5-2/h4,6-7,9H,1H2,2-3H3/b7-6-,10-9+. The van der Waals surface area contributed by atoms with E-state index >= 15 is 0 Å². The molecule has 0 nitrogen and oxygen atoms in total. The monoisotopic (exact) mass is 132 g/mol. The molecule has 0 heterocycles. The first-order valence-electron chi connectivity index (χ1n) is 3.20. The summed E-state index contributed by atoms with van der Waals surface area (Å²) in [7, 11) is 0. The van der Waals surface area contributed by atoms with E-state index in [0.29, 0.717) is 0 Å². The molecular weight excluding hydrogens is 120 g/mol. The van der Waals surface area contributed by atoms with Crippen LogP contribution < -0.4 is 0 Å². The molecule has 0 rings (SSSR count). The molecule has 0 heteroatoms. The number of rotatable bonds is 2. The zero-order chi connectivity index (χ0) is 7.82. The second kappa shape index (κ2) is 5.91. The van der Waals surface area contributed by atoms with Gasteiger partial charge in [0.1, 0.15) is 0 Å². The van der Waals surface area contributed by atoms with E-state index in [0.717, 1.165) is 5.57 Å². The van der Waals surface area contributed by atoms with Crippen LogP contribution in [0.4, 0.5) is 0 Å². The average molecular weight is 132 g/mol. The molecule has 0 amide bonds. The maximum atomic E-state index is 3.55. The van der Waals surface area contributed by atoms with Gasteiger partial charge in [0.25, 0.3) is 0 Å². The quantitative estimate of drug-likeness (QED) is 0.400. The summed E-state index contributed by atoms with van der Waals surface area (Å²) in [5.41, 5.74) is 1.07. The molecule has 0 aliphatic carbocycles. The molecule has 0 spiro atoms. The van der Waals surface area contributed by atoms with Crippen molar-refractivity contribution in [2.45, 2.75) is 13.8 Å². The largest absolute Gasteiger partial charge is 0.102 e. The molecule has 0 aromatic carbocycles. The Morgan fingerprint density at radius 3 is 2.60 bits per heavy atom. The molecule has 52 valence electrons. The van der Waals surface area contributed by atoms with Gasteiger partial charge in [-0.1, -0.05) is 36.8 Å². The molecule has 0 N–H and O–H groups in total. The van der Waals surface area contributed by atoms with Crippen LogP contribution in [0.1, 0.15) is 13.8 Å². The molecule has 0 unspecified atom stereocenters. The maximum Gasteiger partial charge on any atom is -0.00109 e. The molecule has 0 radical (unpaired) electrons. The minimum atomic E-state index is 1.07. The molecule has 0 saturated heterocycles. The van der Waals surface area contributed by atoms with Crippen molar-refractivity contribution in [3.63, 3.8) is 0 Å². The lowest BCUT2D eigenvalue weighted by molar-refractivity contribution is 1.57. The summed E-state index contributed by atoms with van der Waals surface area (Å²) < 4.78 is 0. The summed E-state index contributed by atoms with van der Waals surface area (Å²) in [4.78, 5) is 0. The minimum absolute atomic E-state index is 1.07. The van der Waals surface area contributed by atoms with Gasteiger partial charge < -0.3 is 0 Å². The van der Waals surface area contributed by atoms with E-state index < -0.39 is 0 Å². The Balaban J connectivity index is 3.99. The third kappa shape index (κ3) is 4.93. The van der Waals surface area contributed by atoms with Gasteiger partial charge in [-0.25, -0.2) is 0 Å². The third-order valence-electron chi connectivity index (χ3n) is 0.916. The Morgan fingerprint density at radius 2 is 2.10 bits per heavy atom. The van der Waals surface area contributed by atoms with Gasteiger partial charge in [-0.05, 0) is 19.4 Å². The molecule has 0 aliphatic heterocycles. The molecule has 0 aliphatic rings. The van der Waals surface area contributed by atoms with Crippen molar-refractivity contribution in [2.24, 2.45) is 0 Å². The van der Waals surface area contributed by atoms with Crippen LogP contribution in [0.3, 0.4) is 0 Å². The zero-order valence-corrected chi connectivity index (χ0v) is 6.52. The lowest BCUT2D eigenvalue weighted by atomic mass is 10.3. The summed E-state index contributed by atoms with van der Waals surface area (Å²) in [6.45, 7) is 7.36. The Labute approximate surface area is 63.0 Å². The third-order valence-corrected chi connectivity index (χ3v) is 0.916. The van der Waals surface area contributed by atoms with Gasteiger partial charge >= 0.3 is 0 Å². The molecule has 0 aromatic heterocycles. The molecule has 0 atom stereocenters. The van der Waals surface area contributed by atoms with Gasteiger partial charge in [-0.2, -0.15) is 0 Å². The van der Waals surface area contributed by atoms with Gasteiger partial charge in [0.05, 0.1) is 0 Å². The molecule has 0 saturated carbocycles. The predicted octanol–water partition coefficient (Wildman–Crippen LogP) is 2.70. The fourth-order valence-corrected chi connectivity index (χ4v) is 0.517. The Kier molecular flexibility index (Phi) is 5.19. The Bertz CT molecular complexity index is 206. The Morgan fingerprint density at radius 1 is 1.40 bits per heavy atom. The van der Waals surface area contributed by atoms with Gasteiger partial charge in [-0.15, -0.1) is 5.92 Å². The first-order chi connectivity index (χ1) is 4.81. The second-order valence-electron chi connectivity index (χ2n) is 1.85. The highest BCUT2D eigenvalue weighted by Gasteiger charge is 1.72. The van der Waals surface area contributed by atoms with Crippen molar-refractivity contribution < 1.29 is 0 Å². The van der Waals surface area contributed by atoms with Crippen molar-refractivity contribution in [3.8, 4) is 11.8 Å². The summed E-state index contributed by atoms with van der Waals surface area (Å²) in [5.74, 6) is 5.75. The van der Waals surface area contributed by atoms with Crippen LogP contribution in [0, 0.1) is 11.8 Å². The van der Waals surface area contributed by atoms with Crippen molar-refractivity contribution in [3.05, 3.63) is 36.5 Å². The SMILES string of the molecule is C=C/C=C\C=C(/C)C#CC. The highest BCUT2D eigenvalue weighted by molar-refractivity contribution is 5.29. The van der Waals surface area contributed by atoms with Gasteiger partial charge in [-0.3, -0.25) is 0 Å². The summed E-state index contributed by atoms with van der Waals surface area (Å²) in [6.07, 6.45) is 7.49. The second-order valence-corrected chi connectivity index (χ2v) is 1.85. The van der Waals surface area contributed by atoms with Gasteiger partial charge in [0.2, 0.25) is 0 Å². The lowest BCUT2D eigenvalue weighted by Gasteiger charge is -1.79. The zero-order valence-electron chi connectivity index (χ0n) is 6.52. The molecule has 10 heavy (non-hydrogen) atoms. The van der Waals surface area contributed by atoms with E-state index in [-0.39, 0.29) is 0 Å². The lowest BCUT2D eigenvalue weighted by Crippen LogP contribution is -1.63. The van der Waals surface area contributed by atoms with E-state index in [1.165, 1.54) is 0 Å². The first-order valence-corrected chi connectivity index (χ1v) is 3.20. The van der Waals surface area contributed by atoms with Crippen molar-refractivity contribution >= 4 is 0 Å². The van der Waals surface area contributed by atoms with E-state index in [4.69, 9.17) is 0 Å². The van der Waals surface area contributed by atoms with Crippen LogP contribution in [-0.4, -0.2) is 0 Å². The van der Waals surface area contributed by atoms with Crippen LogP contribution in [0.25, 0.3) is 0 Å². The predicted molar refractivity (Wildman–Crippen MR) is 46.5 cm³/mol. The summed E-state index contributed by atoms with van der Waals surface area (Å²) in [5, 5.41) is 0. The molecule has 0 fully saturated rings. The highest BCUT2D eigenvalue weighted by Crippen LogP contribution is 1.89. The van der Waals surface area contributed by atoms with Crippen molar-refractivity contribution in [2.75, 3.05) is 0 Å². The normalized spacial score (nSPS) is 10.8. The average Bonchev–Trinajstić information content (AvgIpc) is 1.89. The van der Waals surface area contributed by atoms with E-state index in [1.807, 2.05) is 32.1 Å². The topological polar surface area (TPSA) is 0 Å². The number of hydrogen-bond acceptors (Lipinski definition) is 0. The maximum absolute atomic E-state index is 3.55. The highest BCUT2D eigenvalue weighted by atomic mass is 13.8. The van der Waals surface area contributed by atoms with Crippen molar-refractivity contribution in [1.29, 1.82) is 0 Å². The van der Waals surface area contributed by atoms with Crippen LogP contribution in [0.2, 0.25) is 0 Å². The van der Waals surface area contributed by atoms with E-state index in [9.17, 15) is 0 Å². The molecular formula is C10H12. The van der Waals surface area contributed by atoms with Crippen molar-refractivity contribution in [1.82, 2.24) is 0 Å². The molecule has 0 aromatic rings. The van der Waals surface area contributed by atoms with Crippen LogP contribution in [-0.2, 0) is 0 Å². The number of allylic oxidation sites excluding steroid dienone is 5. The summed E-state index contributed by atoms with van der Waals surface area (Å²) >= 11 is 0. The van der Waals surface area contributed by atoms with Crippen LogP contribution >= 0.6 is 0 Å². The van der Waals surface area contributed by atoms with Gasteiger partial charge in [0.15, 0.2) is 0 Å². The molecule has 0 bridgehead atoms. The first kappa shape index (κ1) is 8.78. The minimum Gasteiger partial charge on any atom is -0.102 e. The fraction of sp³-hybridized carbons (Fsp3) is 0.200. The van der Waals surface area contributed by atoms with E-state index in [2.05, 4.69) is 18.4 Å². The van der Waals surface area contributed by atoms with Gasteiger partial charge in [0, 0.05) is 0 Å². The van der Waals surface area contributed by atoms with Crippen LogP contribution in [0.5, 0.6) is 0 Å². The van der Waals surface area contributed by atoms with E-state index in [1.54, 1.807) is 6.08 Å². The fourth-order valence-electron chi connectivity index (χ4n) is 0.517. The smallest absolute Gasteiger partial charge is 0.00109 e. The van der Waals surface area contributed by atoms with Crippen LogP contribution in [0.15, 0.2) is 36.5 Å². The summed E-state index contributed by atoms with van der Waals surface area (Å²) in [6, 6.07) is 0. The number of hydrogen-bond donors (Lipinski definition) is 0. The Hall–Kier alpha value is -1.22.